The first-order chi connectivity index (χ1) is 9.05. The molecule has 0 saturated heterocycles. The van der Waals surface area contributed by atoms with Crippen LogP contribution < -0.4 is 11.1 Å². The highest BCUT2D eigenvalue weighted by Gasteiger charge is 2.26. The van der Waals surface area contributed by atoms with Gasteiger partial charge < -0.3 is 16.2 Å². The molecule has 0 fully saturated rings. The van der Waals surface area contributed by atoms with Crippen LogP contribution in [0.1, 0.15) is 18.1 Å². The molecule has 1 unspecified atom stereocenters. The molecule has 19 heavy (non-hydrogen) atoms. The van der Waals surface area contributed by atoms with Crippen molar-refractivity contribution in [3.63, 3.8) is 0 Å². The normalized spacial score (nSPS) is 13.8. The van der Waals surface area contributed by atoms with Gasteiger partial charge in [0.1, 0.15) is 5.82 Å². The fraction of sp³-hybridized carbons (Fsp3) is 0.267. The number of hydrogen-bond acceptors (Lipinski definition) is 4. The minimum atomic E-state index is -0.613. The maximum absolute atomic E-state index is 9.71. The average Bonchev–Trinajstić information content (AvgIpc) is 2.43. The number of anilines is 2. The number of aliphatic hydroxyl groups is 1. The summed E-state index contributed by atoms with van der Waals surface area (Å²) in [4.78, 5) is 4.29. The standard InChI is InChI=1S/C15H19N3O/c1-11-8-13(16)14(17-9-11)18-15(2,10-19)12-6-4-3-5-7-12/h3-9,19H,10,16H2,1-2H3,(H,17,18). The SMILES string of the molecule is Cc1cnc(NC(C)(CO)c2ccccc2)c(N)c1. The number of pyridine rings is 1. The quantitative estimate of drug-likeness (QED) is 0.786. The molecule has 0 radical (unpaired) electrons. The van der Waals surface area contributed by atoms with Crippen molar-refractivity contribution in [2.45, 2.75) is 19.4 Å². The Labute approximate surface area is 113 Å². The van der Waals surface area contributed by atoms with Crippen LogP contribution in [0.2, 0.25) is 0 Å². The molecule has 1 atom stereocenters. The number of aromatic nitrogens is 1. The summed E-state index contributed by atoms with van der Waals surface area (Å²) in [5.41, 5.74) is 7.91. The van der Waals surface area contributed by atoms with Crippen LogP contribution in [0.4, 0.5) is 11.5 Å². The molecule has 1 heterocycles. The van der Waals surface area contributed by atoms with Crippen molar-refractivity contribution in [1.82, 2.24) is 4.98 Å². The fourth-order valence-corrected chi connectivity index (χ4v) is 1.97. The fourth-order valence-electron chi connectivity index (χ4n) is 1.97. The van der Waals surface area contributed by atoms with Crippen molar-refractivity contribution in [2.24, 2.45) is 0 Å². The van der Waals surface area contributed by atoms with Crippen molar-refractivity contribution in [1.29, 1.82) is 0 Å². The zero-order valence-electron chi connectivity index (χ0n) is 11.2. The first-order valence-corrected chi connectivity index (χ1v) is 6.22. The van der Waals surface area contributed by atoms with Crippen molar-refractivity contribution >= 4 is 11.5 Å². The highest BCUT2D eigenvalue weighted by Crippen LogP contribution is 2.27. The van der Waals surface area contributed by atoms with Gasteiger partial charge in [-0.05, 0) is 31.0 Å². The van der Waals surface area contributed by atoms with Gasteiger partial charge in [-0.25, -0.2) is 4.98 Å². The molecule has 0 bridgehead atoms. The van der Waals surface area contributed by atoms with Gasteiger partial charge in [0.05, 0.1) is 17.8 Å². The van der Waals surface area contributed by atoms with E-state index in [1.54, 1.807) is 6.20 Å². The molecule has 2 rings (SSSR count). The smallest absolute Gasteiger partial charge is 0.149 e. The Bertz CT molecular complexity index is 557. The Morgan fingerprint density at radius 2 is 2.00 bits per heavy atom. The minimum absolute atomic E-state index is 0.0496. The Hall–Kier alpha value is -2.07. The number of hydrogen-bond donors (Lipinski definition) is 3. The lowest BCUT2D eigenvalue weighted by molar-refractivity contribution is 0.224. The van der Waals surface area contributed by atoms with Gasteiger partial charge in [0.15, 0.2) is 0 Å². The molecule has 0 aliphatic rings. The third-order valence-electron chi connectivity index (χ3n) is 3.18. The minimum Gasteiger partial charge on any atom is -0.396 e. The molecule has 0 amide bonds. The number of nitrogens with zero attached hydrogens (tertiary/aromatic N) is 1. The monoisotopic (exact) mass is 257 g/mol. The molecule has 4 N–H and O–H groups in total. The molecule has 4 heteroatoms. The van der Waals surface area contributed by atoms with Gasteiger partial charge >= 0.3 is 0 Å². The predicted molar refractivity (Wildman–Crippen MR) is 77.9 cm³/mol. The summed E-state index contributed by atoms with van der Waals surface area (Å²) in [7, 11) is 0. The van der Waals surface area contributed by atoms with Gasteiger partial charge in [-0.2, -0.15) is 0 Å². The lowest BCUT2D eigenvalue weighted by Crippen LogP contribution is -2.36. The summed E-state index contributed by atoms with van der Waals surface area (Å²) in [6.45, 7) is 3.81. The van der Waals surface area contributed by atoms with E-state index >= 15 is 0 Å². The van der Waals surface area contributed by atoms with Crippen LogP contribution in [-0.2, 0) is 5.54 Å². The molecular weight excluding hydrogens is 238 g/mol. The van der Waals surface area contributed by atoms with Crippen LogP contribution in [0.25, 0.3) is 0 Å². The summed E-state index contributed by atoms with van der Waals surface area (Å²) in [6, 6.07) is 11.6. The number of benzene rings is 1. The summed E-state index contributed by atoms with van der Waals surface area (Å²) >= 11 is 0. The van der Waals surface area contributed by atoms with E-state index in [-0.39, 0.29) is 6.61 Å². The number of nitrogens with two attached hydrogens (primary N) is 1. The molecule has 2 aromatic rings. The van der Waals surface area contributed by atoms with E-state index in [0.717, 1.165) is 11.1 Å². The molecule has 0 spiro atoms. The summed E-state index contributed by atoms with van der Waals surface area (Å²) < 4.78 is 0. The largest absolute Gasteiger partial charge is 0.396 e. The van der Waals surface area contributed by atoms with Crippen LogP contribution in [0.15, 0.2) is 42.6 Å². The number of nitrogen functional groups attached to an aromatic ring is 1. The van der Waals surface area contributed by atoms with E-state index < -0.39 is 5.54 Å². The topological polar surface area (TPSA) is 71.2 Å². The van der Waals surface area contributed by atoms with E-state index in [2.05, 4.69) is 10.3 Å². The summed E-state index contributed by atoms with van der Waals surface area (Å²) in [5, 5.41) is 12.9. The second-order valence-corrected chi connectivity index (χ2v) is 4.93. The van der Waals surface area contributed by atoms with Crippen molar-refractivity contribution in [2.75, 3.05) is 17.7 Å². The molecule has 4 nitrogen and oxygen atoms in total. The van der Waals surface area contributed by atoms with Gasteiger partial charge in [-0.15, -0.1) is 0 Å². The number of aliphatic hydroxyl groups excluding tert-OH is 1. The second-order valence-electron chi connectivity index (χ2n) is 4.93. The van der Waals surface area contributed by atoms with Gasteiger partial charge in [0.25, 0.3) is 0 Å². The lowest BCUT2D eigenvalue weighted by atomic mass is 9.93. The van der Waals surface area contributed by atoms with Crippen LogP contribution >= 0.6 is 0 Å². The molecule has 0 aliphatic carbocycles. The second kappa shape index (κ2) is 5.28. The Balaban J connectivity index is 2.33. The zero-order valence-corrected chi connectivity index (χ0v) is 11.2. The predicted octanol–water partition coefficient (Wildman–Crippen LogP) is 2.29. The lowest BCUT2D eigenvalue weighted by Gasteiger charge is -2.30. The van der Waals surface area contributed by atoms with E-state index in [0.29, 0.717) is 11.5 Å². The molecule has 1 aromatic heterocycles. The first kappa shape index (κ1) is 13.4. The Kier molecular flexibility index (Phi) is 3.71. The van der Waals surface area contributed by atoms with E-state index in [1.165, 1.54) is 0 Å². The van der Waals surface area contributed by atoms with Gasteiger partial charge in [0, 0.05) is 6.20 Å². The third-order valence-corrected chi connectivity index (χ3v) is 3.18. The van der Waals surface area contributed by atoms with E-state index in [1.807, 2.05) is 50.2 Å². The maximum atomic E-state index is 9.71. The molecule has 0 saturated carbocycles. The van der Waals surface area contributed by atoms with Crippen LogP contribution in [0.5, 0.6) is 0 Å². The van der Waals surface area contributed by atoms with Crippen molar-refractivity contribution in [3.05, 3.63) is 53.7 Å². The summed E-state index contributed by atoms with van der Waals surface area (Å²) in [6.07, 6.45) is 1.75. The third kappa shape index (κ3) is 2.85. The Morgan fingerprint density at radius 3 is 2.58 bits per heavy atom. The van der Waals surface area contributed by atoms with Gasteiger partial charge in [0.2, 0.25) is 0 Å². The highest BCUT2D eigenvalue weighted by atomic mass is 16.3. The maximum Gasteiger partial charge on any atom is 0.149 e. The highest BCUT2D eigenvalue weighted by molar-refractivity contribution is 5.63. The van der Waals surface area contributed by atoms with Crippen LogP contribution in [0, 0.1) is 6.92 Å². The van der Waals surface area contributed by atoms with Gasteiger partial charge in [-0.1, -0.05) is 30.3 Å². The molecule has 0 aliphatic heterocycles. The number of rotatable bonds is 4. The van der Waals surface area contributed by atoms with Crippen molar-refractivity contribution in [3.8, 4) is 0 Å². The van der Waals surface area contributed by atoms with Crippen molar-refractivity contribution < 1.29 is 5.11 Å². The zero-order chi connectivity index (χ0) is 13.9. The number of nitrogens with one attached hydrogen (secondary N) is 1. The molecular formula is C15H19N3O. The Morgan fingerprint density at radius 1 is 1.32 bits per heavy atom. The van der Waals surface area contributed by atoms with Gasteiger partial charge in [-0.3, -0.25) is 0 Å². The van der Waals surface area contributed by atoms with Crippen LogP contribution in [0.3, 0.4) is 0 Å². The van der Waals surface area contributed by atoms with E-state index in [9.17, 15) is 5.11 Å². The average molecular weight is 257 g/mol. The molecule has 100 valence electrons. The number of aryl methyl sites for hydroxylation is 1. The summed E-state index contributed by atoms with van der Waals surface area (Å²) in [5.74, 6) is 0.589. The van der Waals surface area contributed by atoms with E-state index in [4.69, 9.17) is 5.73 Å². The molecule has 1 aromatic carbocycles. The first-order valence-electron chi connectivity index (χ1n) is 6.22. The van der Waals surface area contributed by atoms with Crippen LogP contribution in [-0.4, -0.2) is 16.7 Å².